The Morgan fingerprint density at radius 2 is 1.94 bits per heavy atom. The topological polar surface area (TPSA) is 72.7 Å². The number of aliphatic hydroxyl groups excluding tert-OH is 3. The smallest absolute Gasteiger partial charge is 0.123 e. The van der Waals surface area contributed by atoms with E-state index in [1.807, 2.05) is 0 Å². The third-order valence-corrected chi connectivity index (χ3v) is 4.23. The van der Waals surface area contributed by atoms with Crippen LogP contribution in [-0.2, 0) is 0 Å². The van der Waals surface area contributed by atoms with Crippen LogP contribution < -0.4 is 5.32 Å². The number of hydrogen-bond donors (Lipinski definition) is 4. The second-order valence-electron chi connectivity index (χ2n) is 5.24. The lowest BCUT2D eigenvalue weighted by atomic mass is 9.82. The highest BCUT2D eigenvalue weighted by molar-refractivity contribution is 5.29. The van der Waals surface area contributed by atoms with Crippen LogP contribution in [0.4, 0.5) is 4.39 Å². The van der Waals surface area contributed by atoms with Gasteiger partial charge in [-0.2, -0.15) is 0 Å². The molecule has 98 valence electrons. The minimum Gasteiger partial charge on any atom is -0.390 e. The van der Waals surface area contributed by atoms with Crippen LogP contribution in [0, 0.1) is 11.2 Å². The van der Waals surface area contributed by atoms with Crippen molar-refractivity contribution in [1.82, 2.24) is 5.32 Å². The number of benzene rings is 1. The van der Waals surface area contributed by atoms with Crippen molar-refractivity contribution in [3.05, 3.63) is 35.6 Å². The van der Waals surface area contributed by atoms with E-state index >= 15 is 0 Å². The third kappa shape index (κ3) is 1.59. The first kappa shape index (κ1) is 12.0. The summed E-state index contributed by atoms with van der Waals surface area (Å²) in [5.74, 6) is -0.363. The predicted octanol–water partition coefficient (Wildman–Crippen LogP) is -0.0572. The number of halogens is 1. The zero-order valence-corrected chi connectivity index (χ0v) is 9.75. The number of rotatable bonds is 2. The van der Waals surface area contributed by atoms with Crippen molar-refractivity contribution in [3.8, 4) is 0 Å². The van der Waals surface area contributed by atoms with Gasteiger partial charge in [0, 0.05) is 18.0 Å². The van der Waals surface area contributed by atoms with Crippen molar-refractivity contribution in [2.75, 3.05) is 6.54 Å². The van der Waals surface area contributed by atoms with Crippen molar-refractivity contribution in [3.63, 3.8) is 0 Å². The molecule has 1 aromatic carbocycles. The molecule has 0 spiro atoms. The van der Waals surface area contributed by atoms with E-state index in [4.69, 9.17) is 0 Å². The van der Waals surface area contributed by atoms with E-state index in [1.54, 1.807) is 0 Å². The van der Waals surface area contributed by atoms with Gasteiger partial charge < -0.3 is 20.6 Å². The number of hydrogen-bond acceptors (Lipinski definition) is 4. The molecule has 0 amide bonds. The van der Waals surface area contributed by atoms with E-state index in [2.05, 4.69) is 5.32 Å². The Kier molecular flexibility index (Phi) is 2.67. The molecule has 5 atom stereocenters. The molecule has 18 heavy (non-hydrogen) atoms. The SMILES string of the molecule is OC(c1ccc(F)cc1)[C@]12CC1NC[C@@H](O)[C@@H]2O. The number of aliphatic hydroxyl groups is 3. The van der Waals surface area contributed by atoms with Crippen molar-refractivity contribution in [2.24, 2.45) is 5.41 Å². The maximum absolute atomic E-state index is 12.9. The fourth-order valence-corrected chi connectivity index (χ4v) is 3.04. The van der Waals surface area contributed by atoms with Gasteiger partial charge in [0.15, 0.2) is 0 Å². The predicted molar refractivity (Wildman–Crippen MR) is 62.2 cm³/mol. The van der Waals surface area contributed by atoms with Gasteiger partial charge >= 0.3 is 0 Å². The molecule has 0 bridgehead atoms. The summed E-state index contributed by atoms with van der Waals surface area (Å²) in [6, 6.07) is 5.60. The highest BCUT2D eigenvalue weighted by atomic mass is 19.1. The van der Waals surface area contributed by atoms with Crippen LogP contribution in [0.1, 0.15) is 18.1 Å². The van der Waals surface area contributed by atoms with Crippen LogP contribution in [0.5, 0.6) is 0 Å². The largest absolute Gasteiger partial charge is 0.390 e. The molecule has 1 aromatic rings. The molecule has 2 fully saturated rings. The minimum absolute atomic E-state index is 0.0101. The van der Waals surface area contributed by atoms with Crippen LogP contribution >= 0.6 is 0 Å². The zero-order chi connectivity index (χ0) is 12.9. The van der Waals surface area contributed by atoms with Crippen molar-refractivity contribution >= 4 is 0 Å². The monoisotopic (exact) mass is 253 g/mol. The van der Waals surface area contributed by atoms with Gasteiger partial charge in [0.2, 0.25) is 0 Å². The van der Waals surface area contributed by atoms with Gasteiger partial charge in [0.25, 0.3) is 0 Å². The quantitative estimate of drug-likeness (QED) is 0.596. The molecule has 1 heterocycles. The van der Waals surface area contributed by atoms with E-state index in [1.165, 1.54) is 24.3 Å². The first-order chi connectivity index (χ1) is 8.55. The molecule has 1 aliphatic carbocycles. The molecule has 1 saturated heterocycles. The second-order valence-corrected chi connectivity index (χ2v) is 5.24. The first-order valence-corrected chi connectivity index (χ1v) is 6.09. The molecular formula is C13H16FNO3. The summed E-state index contributed by atoms with van der Waals surface area (Å²) in [5.41, 5.74) is -0.177. The highest BCUT2D eigenvalue weighted by Gasteiger charge is 2.67. The van der Waals surface area contributed by atoms with Gasteiger partial charge in [-0.25, -0.2) is 4.39 Å². The lowest BCUT2D eigenvalue weighted by molar-refractivity contribution is -0.0892. The number of β-amino-alcohol motifs (C(OH)–C–C–N with tert-alkyl or cyclic N) is 1. The van der Waals surface area contributed by atoms with Gasteiger partial charge in [-0.05, 0) is 24.1 Å². The zero-order valence-electron chi connectivity index (χ0n) is 9.75. The number of piperidine rings is 1. The molecule has 5 heteroatoms. The van der Waals surface area contributed by atoms with E-state index in [0.29, 0.717) is 18.5 Å². The van der Waals surface area contributed by atoms with Gasteiger partial charge in [-0.1, -0.05) is 12.1 Å². The molecular weight excluding hydrogens is 237 g/mol. The number of nitrogens with one attached hydrogen (secondary N) is 1. The van der Waals surface area contributed by atoms with Crippen molar-refractivity contribution in [2.45, 2.75) is 30.8 Å². The summed E-state index contributed by atoms with van der Waals surface area (Å²) in [5, 5.41) is 33.3. The maximum Gasteiger partial charge on any atom is 0.123 e. The first-order valence-electron chi connectivity index (χ1n) is 6.09. The number of fused-ring (bicyclic) bond motifs is 1. The molecule has 2 aliphatic rings. The van der Waals surface area contributed by atoms with Gasteiger partial charge in [-0.3, -0.25) is 0 Å². The molecule has 1 saturated carbocycles. The second kappa shape index (κ2) is 3.99. The molecule has 0 radical (unpaired) electrons. The molecule has 3 rings (SSSR count). The Balaban J connectivity index is 1.88. The summed E-state index contributed by atoms with van der Waals surface area (Å²) >= 11 is 0. The normalized spacial score (nSPS) is 40.1. The van der Waals surface area contributed by atoms with Crippen LogP contribution in [0.25, 0.3) is 0 Å². The van der Waals surface area contributed by atoms with Crippen molar-refractivity contribution in [1.29, 1.82) is 0 Å². The summed E-state index contributed by atoms with van der Waals surface area (Å²) < 4.78 is 12.9. The Hall–Kier alpha value is -1.01. The molecule has 4 nitrogen and oxygen atoms in total. The van der Waals surface area contributed by atoms with Crippen LogP contribution in [-0.4, -0.2) is 40.1 Å². The molecule has 2 unspecified atom stereocenters. The van der Waals surface area contributed by atoms with E-state index in [0.717, 1.165) is 0 Å². The van der Waals surface area contributed by atoms with Gasteiger partial charge in [0.05, 0.1) is 18.3 Å². The summed E-state index contributed by atoms with van der Waals surface area (Å²) in [7, 11) is 0. The fraction of sp³-hybridized carbons (Fsp3) is 0.538. The average molecular weight is 253 g/mol. The van der Waals surface area contributed by atoms with E-state index in [-0.39, 0.29) is 11.9 Å². The molecule has 0 aromatic heterocycles. The summed E-state index contributed by atoms with van der Waals surface area (Å²) in [6.07, 6.45) is -2.12. The Morgan fingerprint density at radius 1 is 1.28 bits per heavy atom. The molecule has 4 N–H and O–H groups in total. The van der Waals surface area contributed by atoms with E-state index < -0.39 is 23.7 Å². The Bertz CT molecular complexity index is 452. The summed E-state index contributed by atoms with van der Waals surface area (Å²) in [6.45, 7) is 0.337. The Labute approximate surface area is 104 Å². The van der Waals surface area contributed by atoms with Crippen LogP contribution in [0.3, 0.4) is 0 Å². The average Bonchev–Trinajstić information content (AvgIpc) is 3.11. The lowest BCUT2D eigenvalue weighted by Gasteiger charge is -2.36. The maximum atomic E-state index is 12.9. The van der Waals surface area contributed by atoms with Crippen molar-refractivity contribution < 1.29 is 19.7 Å². The van der Waals surface area contributed by atoms with Crippen LogP contribution in [0.15, 0.2) is 24.3 Å². The highest BCUT2D eigenvalue weighted by Crippen LogP contribution is 2.59. The lowest BCUT2D eigenvalue weighted by Crippen LogP contribution is -2.52. The minimum atomic E-state index is -0.955. The van der Waals surface area contributed by atoms with Crippen LogP contribution in [0.2, 0.25) is 0 Å². The van der Waals surface area contributed by atoms with Gasteiger partial charge in [0.1, 0.15) is 5.82 Å². The standard InChI is InChI=1S/C13H16FNO3/c14-8-3-1-7(2-4-8)11(17)13-5-10(13)15-6-9(16)12(13)18/h1-4,9-12,15-18H,5-6H2/t9-,10?,11?,12+,13+/m1/s1. The third-order valence-electron chi connectivity index (χ3n) is 4.23. The molecule has 1 aliphatic heterocycles. The van der Waals surface area contributed by atoms with E-state index in [9.17, 15) is 19.7 Å². The fourth-order valence-electron chi connectivity index (χ4n) is 3.04. The van der Waals surface area contributed by atoms with Gasteiger partial charge in [-0.15, -0.1) is 0 Å². The summed E-state index contributed by atoms with van der Waals surface area (Å²) in [4.78, 5) is 0. The Morgan fingerprint density at radius 3 is 2.61 bits per heavy atom.